The lowest BCUT2D eigenvalue weighted by atomic mass is 9.86. The Balaban J connectivity index is 1.54. The zero-order valence-electron chi connectivity index (χ0n) is 17.6. The van der Waals surface area contributed by atoms with Gasteiger partial charge in [-0.3, -0.25) is 4.79 Å². The van der Waals surface area contributed by atoms with E-state index < -0.39 is 9.84 Å². The number of benzene rings is 1. The van der Waals surface area contributed by atoms with Gasteiger partial charge in [0, 0.05) is 24.8 Å². The normalized spacial score (nSPS) is 23.3. The van der Waals surface area contributed by atoms with Gasteiger partial charge in [0.15, 0.2) is 9.84 Å². The van der Waals surface area contributed by atoms with Crippen molar-refractivity contribution in [3.8, 4) is 0 Å². The molecule has 1 aliphatic heterocycles. The molecule has 0 saturated heterocycles. The van der Waals surface area contributed by atoms with E-state index in [1.165, 1.54) is 0 Å². The summed E-state index contributed by atoms with van der Waals surface area (Å²) in [5.74, 6) is 0.636. The number of carbonyl (C=O) groups excluding carboxylic acids is 1. The molecule has 0 radical (unpaired) electrons. The SMILES string of the molecule is CO[C@H]1CC[C@H](C(=O)N2Cc3cccnc3Nc3ccc(S(=O)(=O)C4CC4)cc32)CC1. The number of rotatable bonds is 4. The molecule has 2 saturated carbocycles. The van der Waals surface area contributed by atoms with E-state index in [-0.39, 0.29) is 28.1 Å². The van der Waals surface area contributed by atoms with E-state index in [0.29, 0.717) is 36.6 Å². The van der Waals surface area contributed by atoms with E-state index in [2.05, 4.69) is 10.3 Å². The smallest absolute Gasteiger partial charge is 0.230 e. The van der Waals surface area contributed by atoms with Gasteiger partial charge in [-0.2, -0.15) is 0 Å². The van der Waals surface area contributed by atoms with Crippen molar-refractivity contribution in [2.24, 2.45) is 5.92 Å². The van der Waals surface area contributed by atoms with Crippen LogP contribution in [0.3, 0.4) is 0 Å². The summed E-state index contributed by atoms with van der Waals surface area (Å²) in [5, 5.41) is 3.02. The van der Waals surface area contributed by atoms with Gasteiger partial charge in [0.25, 0.3) is 0 Å². The Labute approximate surface area is 182 Å². The lowest BCUT2D eigenvalue weighted by Gasteiger charge is -2.32. The third-order valence-electron chi connectivity index (χ3n) is 6.65. The number of ether oxygens (including phenoxy) is 1. The van der Waals surface area contributed by atoms with Crippen LogP contribution in [0.5, 0.6) is 0 Å². The maximum atomic E-state index is 13.7. The molecule has 0 bridgehead atoms. The zero-order chi connectivity index (χ0) is 21.6. The first kappa shape index (κ1) is 20.5. The fourth-order valence-electron chi connectivity index (χ4n) is 4.61. The van der Waals surface area contributed by atoms with Crippen LogP contribution in [-0.2, 0) is 25.9 Å². The molecule has 0 unspecified atom stereocenters. The molecule has 0 atom stereocenters. The third-order valence-corrected chi connectivity index (χ3v) is 8.91. The number of pyridine rings is 1. The first-order chi connectivity index (χ1) is 15.0. The van der Waals surface area contributed by atoms with Crippen LogP contribution >= 0.6 is 0 Å². The molecule has 5 rings (SSSR count). The summed E-state index contributed by atoms with van der Waals surface area (Å²) in [5.41, 5.74) is 2.22. The molecular weight excluding hydrogens is 414 g/mol. The lowest BCUT2D eigenvalue weighted by Crippen LogP contribution is -2.38. The van der Waals surface area contributed by atoms with Crippen molar-refractivity contribution in [1.29, 1.82) is 0 Å². The number of hydrogen-bond acceptors (Lipinski definition) is 6. The van der Waals surface area contributed by atoms with Crippen LogP contribution in [0.15, 0.2) is 41.4 Å². The molecule has 2 aromatic rings. The van der Waals surface area contributed by atoms with Gasteiger partial charge in [0.2, 0.25) is 5.91 Å². The minimum atomic E-state index is -3.36. The molecule has 164 valence electrons. The highest BCUT2D eigenvalue weighted by Crippen LogP contribution is 2.41. The number of methoxy groups -OCH3 is 1. The van der Waals surface area contributed by atoms with Gasteiger partial charge in [0.05, 0.1) is 34.2 Å². The first-order valence-corrected chi connectivity index (χ1v) is 12.4. The predicted octanol–water partition coefficient (Wildman–Crippen LogP) is 3.81. The van der Waals surface area contributed by atoms with Gasteiger partial charge in [-0.25, -0.2) is 13.4 Å². The fourth-order valence-corrected chi connectivity index (χ4v) is 6.29. The maximum Gasteiger partial charge on any atom is 0.230 e. The number of aromatic nitrogens is 1. The van der Waals surface area contributed by atoms with Gasteiger partial charge in [0.1, 0.15) is 5.82 Å². The van der Waals surface area contributed by atoms with Crippen molar-refractivity contribution in [3.63, 3.8) is 0 Å². The largest absolute Gasteiger partial charge is 0.381 e. The molecule has 1 aromatic carbocycles. The highest BCUT2D eigenvalue weighted by Gasteiger charge is 2.38. The number of sulfone groups is 1. The predicted molar refractivity (Wildman–Crippen MR) is 118 cm³/mol. The summed E-state index contributed by atoms with van der Waals surface area (Å²) < 4.78 is 31.2. The number of amides is 1. The molecule has 1 N–H and O–H groups in total. The molecule has 1 amide bonds. The molecule has 7 nitrogen and oxygen atoms in total. The molecule has 0 spiro atoms. The lowest BCUT2D eigenvalue weighted by molar-refractivity contribution is -0.124. The second-order valence-corrected chi connectivity index (χ2v) is 10.9. The van der Waals surface area contributed by atoms with Crippen molar-refractivity contribution in [2.75, 3.05) is 17.3 Å². The molecule has 8 heteroatoms. The molecule has 3 aliphatic rings. The van der Waals surface area contributed by atoms with E-state index >= 15 is 0 Å². The fraction of sp³-hybridized carbons (Fsp3) is 0.478. The Bertz CT molecular complexity index is 1110. The van der Waals surface area contributed by atoms with Gasteiger partial charge < -0.3 is 15.0 Å². The van der Waals surface area contributed by atoms with Gasteiger partial charge in [-0.1, -0.05) is 6.07 Å². The average Bonchev–Trinajstić information content (AvgIpc) is 3.65. The summed E-state index contributed by atoms with van der Waals surface area (Å²) in [6, 6.07) is 8.87. The van der Waals surface area contributed by atoms with Crippen molar-refractivity contribution >= 4 is 32.9 Å². The second-order valence-electron chi connectivity index (χ2n) is 8.69. The van der Waals surface area contributed by atoms with E-state index in [9.17, 15) is 13.2 Å². The summed E-state index contributed by atoms with van der Waals surface area (Å²) in [6.45, 7) is 0.360. The Morgan fingerprint density at radius 3 is 2.61 bits per heavy atom. The van der Waals surface area contributed by atoms with Crippen molar-refractivity contribution in [2.45, 2.75) is 61.3 Å². The van der Waals surface area contributed by atoms with Crippen LogP contribution in [0.2, 0.25) is 0 Å². The van der Waals surface area contributed by atoms with Crippen molar-refractivity contribution in [3.05, 3.63) is 42.1 Å². The Morgan fingerprint density at radius 1 is 1.13 bits per heavy atom. The third kappa shape index (κ3) is 3.83. The first-order valence-electron chi connectivity index (χ1n) is 10.9. The topological polar surface area (TPSA) is 88.6 Å². The maximum absolute atomic E-state index is 13.7. The Kier molecular flexibility index (Phi) is 5.22. The standard InChI is InChI=1S/C23H27N3O4S/c1-30-17-6-4-15(5-7-17)23(27)26-14-16-3-2-12-24-22(16)25-20-11-10-19(13-21(20)26)31(28,29)18-8-9-18/h2-3,10-13,15,17-18H,4-9,14H2,1H3,(H,24,25)/t15-,17-. The summed E-state index contributed by atoms with van der Waals surface area (Å²) in [7, 11) is -1.64. The van der Waals surface area contributed by atoms with Crippen molar-refractivity contribution in [1.82, 2.24) is 4.98 Å². The zero-order valence-corrected chi connectivity index (χ0v) is 18.4. The van der Waals surface area contributed by atoms with Crippen LogP contribution in [-0.4, -0.2) is 37.8 Å². The molecular formula is C23H27N3O4S. The van der Waals surface area contributed by atoms with Gasteiger partial charge in [-0.05, 0) is 62.8 Å². The summed E-state index contributed by atoms with van der Waals surface area (Å²) in [6.07, 6.45) is 6.60. The number of nitrogens with zero attached hydrogens (tertiary/aromatic N) is 2. The summed E-state index contributed by atoms with van der Waals surface area (Å²) in [4.78, 5) is 20.1. The van der Waals surface area contributed by atoms with Gasteiger partial charge in [-0.15, -0.1) is 0 Å². The average molecular weight is 442 g/mol. The number of fused-ring (bicyclic) bond motifs is 2. The Morgan fingerprint density at radius 2 is 1.90 bits per heavy atom. The number of anilines is 3. The van der Waals surface area contributed by atoms with E-state index in [1.54, 1.807) is 36.4 Å². The molecule has 1 aromatic heterocycles. The number of nitrogens with one attached hydrogen (secondary N) is 1. The molecule has 2 aliphatic carbocycles. The molecule has 2 fully saturated rings. The minimum Gasteiger partial charge on any atom is -0.381 e. The quantitative estimate of drug-likeness (QED) is 0.776. The van der Waals surface area contributed by atoms with Crippen LogP contribution < -0.4 is 10.2 Å². The van der Waals surface area contributed by atoms with E-state index in [0.717, 1.165) is 31.2 Å². The molecule has 31 heavy (non-hydrogen) atoms. The van der Waals surface area contributed by atoms with Crippen LogP contribution in [0.25, 0.3) is 0 Å². The second kappa shape index (κ2) is 7.91. The highest BCUT2D eigenvalue weighted by molar-refractivity contribution is 7.92. The minimum absolute atomic E-state index is 0.0373. The highest BCUT2D eigenvalue weighted by atomic mass is 32.2. The van der Waals surface area contributed by atoms with Gasteiger partial charge >= 0.3 is 0 Å². The number of carbonyl (C=O) groups is 1. The van der Waals surface area contributed by atoms with E-state index in [1.807, 2.05) is 12.1 Å². The van der Waals surface area contributed by atoms with Crippen LogP contribution in [0.4, 0.5) is 17.2 Å². The monoisotopic (exact) mass is 441 g/mol. The van der Waals surface area contributed by atoms with E-state index in [4.69, 9.17) is 4.74 Å². The van der Waals surface area contributed by atoms with Crippen LogP contribution in [0, 0.1) is 5.92 Å². The Hall–Kier alpha value is -2.45. The van der Waals surface area contributed by atoms with Crippen LogP contribution in [0.1, 0.15) is 44.1 Å². The summed E-state index contributed by atoms with van der Waals surface area (Å²) >= 11 is 0. The molecule has 2 heterocycles. The number of hydrogen-bond donors (Lipinski definition) is 1. The van der Waals surface area contributed by atoms with Crippen molar-refractivity contribution < 1.29 is 17.9 Å².